The second kappa shape index (κ2) is 7.82. The zero-order chi connectivity index (χ0) is 16.8. The van der Waals surface area contributed by atoms with E-state index in [1.54, 1.807) is 24.3 Å². The van der Waals surface area contributed by atoms with Crippen LogP contribution in [0.3, 0.4) is 0 Å². The Bertz CT molecular complexity index is 747. The SMILES string of the molecule is CCOc1cc(C=NNC(=O)c2cc(I)ccc2O)ccc1O. The van der Waals surface area contributed by atoms with E-state index in [0.717, 1.165) is 3.57 Å². The van der Waals surface area contributed by atoms with Gasteiger partial charge in [-0.05, 0) is 71.5 Å². The van der Waals surface area contributed by atoms with Gasteiger partial charge in [-0.1, -0.05) is 0 Å². The van der Waals surface area contributed by atoms with Gasteiger partial charge in [0.2, 0.25) is 0 Å². The Kier molecular flexibility index (Phi) is 5.80. The molecule has 120 valence electrons. The highest BCUT2D eigenvalue weighted by Gasteiger charge is 2.10. The first kappa shape index (κ1) is 17.1. The molecule has 0 aliphatic carbocycles. The molecule has 0 saturated carbocycles. The zero-order valence-corrected chi connectivity index (χ0v) is 14.4. The molecule has 0 aliphatic rings. The Labute approximate surface area is 146 Å². The molecule has 6 nitrogen and oxygen atoms in total. The van der Waals surface area contributed by atoms with Crippen LogP contribution in [0.4, 0.5) is 0 Å². The van der Waals surface area contributed by atoms with E-state index in [4.69, 9.17) is 4.74 Å². The van der Waals surface area contributed by atoms with E-state index in [0.29, 0.717) is 17.9 Å². The van der Waals surface area contributed by atoms with E-state index in [-0.39, 0.29) is 17.1 Å². The van der Waals surface area contributed by atoms with Crippen LogP contribution in [0.2, 0.25) is 0 Å². The molecule has 0 heterocycles. The molecule has 0 aliphatic heterocycles. The summed E-state index contributed by atoms with van der Waals surface area (Å²) in [4.78, 5) is 12.0. The van der Waals surface area contributed by atoms with Crippen LogP contribution in [0.15, 0.2) is 41.5 Å². The molecule has 0 aromatic heterocycles. The largest absolute Gasteiger partial charge is 0.507 e. The van der Waals surface area contributed by atoms with E-state index in [9.17, 15) is 15.0 Å². The van der Waals surface area contributed by atoms with Gasteiger partial charge in [0.15, 0.2) is 11.5 Å². The lowest BCUT2D eigenvalue weighted by atomic mass is 10.2. The van der Waals surface area contributed by atoms with Crippen LogP contribution in [-0.2, 0) is 0 Å². The van der Waals surface area contributed by atoms with Crippen molar-refractivity contribution < 1.29 is 19.7 Å². The number of phenolic OH excluding ortho intramolecular Hbond substituents is 2. The van der Waals surface area contributed by atoms with E-state index < -0.39 is 5.91 Å². The summed E-state index contributed by atoms with van der Waals surface area (Å²) in [5.41, 5.74) is 3.14. The fraction of sp³-hybridized carbons (Fsp3) is 0.125. The second-order valence-electron chi connectivity index (χ2n) is 4.52. The van der Waals surface area contributed by atoms with Gasteiger partial charge >= 0.3 is 0 Å². The van der Waals surface area contributed by atoms with Crippen molar-refractivity contribution in [1.82, 2.24) is 5.43 Å². The summed E-state index contributed by atoms with van der Waals surface area (Å²) >= 11 is 2.05. The first-order chi connectivity index (χ1) is 11.0. The molecule has 3 N–H and O–H groups in total. The van der Waals surface area contributed by atoms with Crippen molar-refractivity contribution in [3.8, 4) is 17.2 Å². The number of phenols is 2. The van der Waals surface area contributed by atoms with E-state index >= 15 is 0 Å². The molecular formula is C16H15IN2O4. The summed E-state index contributed by atoms with van der Waals surface area (Å²) in [6.07, 6.45) is 1.42. The number of hydrazone groups is 1. The maximum Gasteiger partial charge on any atom is 0.275 e. The zero-order valence-electron chi connectivity index (χ0n) is 12.3. The van der Waals surface area contributed by atoms with Crippen molar-refractivity contribution in [2.24, 2.45) is 5.10 Å². The quantitative estimate of drug-likeness (QED) is 0.390. The highest BCUT2D eigenvalue weighted by atomic mass is 127. The summed E-state index contributed by atoms with van der Waals surface area (Å²) in [6, 6.07) is 9.44. The Hall–Kier alpha value is -2.29. The molecule has 2 aromatic rings. The lowest BCUT2D eigenvalue weighted by Crippen LogP contribution is -2.17. The second-order valence-corrected chi connectivity index (χ2v) is 5.77. The molecule has 0 saturated heterocycles. The van der Waals surface area contributed by atoms with Gasteiger partial charge in [0.25, 0.3) is 5.91 Å². The predicted molar refractivity (Wildman–Crippen MR) is 95.2 cm³/mol. The van der Waals surface area contributed by atoms with Crippen LogP contribution in [0.25, 0.3) is 0 Å². The molecule has 7 heteroatoms. The minimum Gasteiger partial charge on any atom is -0.507 e. The van der Waals surface area contributed by atoms with Gasteiger partial charge in [-0.15, -0.1) is 0 Å². The monoisotopic (exact) mass is 426 g/mol. The van der Waals surface area contributed by atoms with Crippen molar-refractivity contribution in [2.45, 2.75) is 6.92 Å². The number of carbonyl (C=O) groups is 1. The Balaban J connectivity index is 2.08. The van der Waals surface area contributed by atoms with E-state index in [1.165, 1.54) is 18.3 Å². The van der Waals surface area contributed by atoms with Crippen molar-refractivity contribution in [2.75, 3.05) is 6.61 Å². The van der Waals surface area contributed by atoms with Crippen LogP contribution in [0.5, 0.6) is 17.2 Å². The lowest BCUT2D eigenvalue weighted by molar-refractivity contribution is 0.0952. The van der Waals surface area contributed by atoms with Crippen molar-refractivity contribution in [3.05, 3.63) is 51.1 Å². The van der Waals surface area contributed by atoms with Gasteiger partial charge in [-0.2, -0.15) is 5.10 Å². The summed E-state index contributed by atoms with van der Waals surface area (Å²) in [6.45, 7) is 2.24. The van der Waals surface area contributed by atoms with Gasteiger partial charge in [0, 0.05) is 3.57 Å². The molecule has 0 bridgehead atoms. The third-order valence-corrected chi connectivity index (χ3v) is 3.54. The Morgan fingerprint density at radius 2 is 2.00 bits per heavy atom. The number of rotatable bonds is 5. The van der Waals surface area contributed by atoms with Gasteiger partial charge in [0.1, 0.15) is 5.75 Å². The van der Waals surface area contributed by atoms with Crippen molar-refractivity contribution >= 4 is 34.7 Å². The molecule has 0 unspecified atom stereocenters. The number of nitrogens with one attached hydrogen (secondary N) is 1. The average molecular weight is 426 g/mol. The van der Waals surface area contributed by atoms with Crippen LogP contribution in [-0.4, -0.2) is 28.9 Å². The third kappa shape index (κ3) is 4.59. The Morgan fingerprint density at radius 1 is 1.26 bits per heavy atom. The number of carbonyl (C=O) groups excluding carboxylic acids is 1. The molecule has 0 atom stereocenters. The first-order valence-electron chi connectivity index (χ1n) is 6.79. The average Bonchev–Trinajstić information content (AvgIpc) is 2.53. The predicted octanol–water partition coefficient (Wildman–Crippen LogP) is 2.87. The van der Waals surface area contributed by atoms with Gasteiger partial charge in [-0.25, -0.2) is 5.43 Å². The lowest BCUT2D eigenvalue weighted by Gasteiger charge is -2.06. The number of ether oxygens (including phenoxy) is 1. The highest BCUT2D eigenvalue weighted by molar-refractivity contribution is 14.1. The number of amides is 1. The summed E-state index contributed by atoms with van der Waals surface area (Å²) in [5.74, 6) is -0.239. The smallest absolute Gasteiger partial charge is 0.275 e. The maximum absolute atomic E-state index is 12.0. The summed E-state index contributed by atoms with van der Waals surface area (Å²) in [7, 11) is 0. The van der Waals surface area contributed by atoms with E-state index in [1.807, 2.05) is 29.5 Å². The van der Waals surface area contributed by atoms with Gasteiger partial charge < -0.3 is 14.9 Å². The topological polar surface area (TPSA) is 91.2 Å². The fourth-order valence-electron chi connectivity index (χ4n) is 1.80. The maximum atomic E-state index is 12.0. The van der Waals surface area contributed by atoms with Crippen LogP contribution < -0.4 is 10.2 Å². The molecular weight excluding hydrogens is 411 g/mol. The van der Waals surface area contributed by atoms with Crippen LogP contribution in [0.1, 0.15) is 22.8 Å². The minimum absolute atomic E-state index is 0.0387. The molecule has 2 aromatic carbocycles. The molecule has 0 radical (unpaired) electrons. The normalized spacial score (nSPS) is 10.7. The van der Waals surface area contributed by atoms with Crippen LogP contribution >= 0.6 is 22.6 Å². The fourth-order valence-corrected chi connectivity index (χ4v) is 2.29. The van der Waals surface area contributed by atoms with E-state index in [2.05, 4.69) is 10.5 Å². The number of nitrogens with zero attached hydrogens (tertiary/aromatic N) is 1. The molecule has 2 rings (SSSR count). The standard InChI is InChI=1S/C16H15IN2O4/c1-2-23-15-7-10(3-5-14(15)21)9-18-19-16(22)12-8-11(17)4-6-13(12)20/h3-9,20-21H,2H2,1H3,(H,19,22). The number of hydrogen-bond acceptors (Lipinski definition) is 5. The van der Waals surface area contributed by atoms with Crippen molar-refractivity contribution in [1.29, 1.82) is 0 Å². The molecule has 1 amide bonds. The summed E-state index contributed by atoms with van der Waals surface area (Å²) in [5, 5.41) is 23.1. The van der Waals surface area contributed by atoms with Crippen LogP contribution in [0, 0.1) is 3.57 Å². The molecule has 0 spiro atoms. The minimum atomic E-state index is -0.513. The highest BCUT2D eigenvalue weighted by Crippen LogP contribution is 2.26. The number of halogens is 1. The third-order valence-electron chi connectivity index (χ3n) is 2.87. The number of benzene rings is 2. The molecule has 0 fully saturated rings. The van der Waals surface area contributed by atoms with Gasteiger partial charge in [-0.3, -0.25) is 4.79 Å². The van der Waals surface area contributed by atoms with Gasteiger partial charge in [0.05, 0.1) is 18.4 Å². The number of hydrogen-bond donors (Lipinski definition) is 3. The molecule has 23 heavy (non-hydrogen) atoms. The number of aromatic hydroxyl groups is 2. The summed E-state index contributed by atoms with van der Waals surface area (Å²) < 4.78 is 6.10. The first-order valence-corrected chi connectivity index (χ1v) is 7.87. The van der Waals surface area contributed by atoms with Crippen molar-refractivity contribution in [3.63, 3.8) is 0 Å². The Morgan fingerprint density at radius 3 is 2.74 bits per heavy atom.